The first-order chi connectivity index (χ1) is 7.84. The van der Waals surface area contributed by atoms with E-state index in [0.29, 0.717) is 13.2 Å². The van der Waals surface area contributed by atoms with Crippen molar-refractivity contribution < 1.29 is 13.2 Å². The molecule has 0 amide bonds. The van der Waals surface area contributed by atoms with Crippen LogP contribution in [0.1, 0.15) is 46.5 Å². The maximum Gasteiger partial charge on any atom is 0.217 e. The van der Waals surface area contributed by atoms with Crippen molar-refractivity contribution in [3.8, 4) is 0 Å². The van der Waals surface area contributed by atoms with Gasteiger partial charge in [0.15, 0.2) is 0 Å². The van der Waals surface area contributed by atoms with E-state index in [2.05, 4.69) is 0 Å². The average molecular weight is 261 g/mol. The van der Waals surface area contributed by atoms with Gasteiger partial charge in [-0.2, -0.15) is 4.31 Å². The summed E-state index contributed by atoms with van der Waals surface area (Å²) in [4.78, 5) is 0. The second-order valence-electron chi connectivity index (χ2n) is 5.92. The number of nitrogens with zero attached hydrogens (tertiary/aromatic N) is 1. The Hall–Kier alpha value is -0.130. The summed E-state index contributed by atoms with van der Waals surface area (Å²) in [7, 11) is -3.15. The van der Waals surface area contributed by atoms with Gasteiger partial charge in [-0.3, -0.25) is 0 Å². The zero-order chi connectivity index (χ0) is 12.7. The third-order valence-corrected chi connectivity index (χ3v) is 6.42. The fourth-order valence-electron chi connectivity index (χ4n) is 2.77. The van der Waals surface area contributed by atoms with E-state index in [1.165, 1.54) is 0 Å². The van der Waals surface area contributed by atoms with Crippen LogP contribution >= 0.6 is 0 Å². The molecular formula is C12H23NO3S. The summed E-state index contributed by atoms with van der Waals surface area (Å²) in [5.41, 5.74) is -0.409. The molecular weight excluding hydrogens is 238 g/mol. The molecule has 100 valence electrons. The Morgan fingerprint density at radius 1 is 1.24 bits per heavy atom. The Kier molecular flexibility index (Phi) is 3.54. The standard InChI is InChI=1S/C12H23NO3S/c1-10-8-13(12(2,3)9-16-10)17(14,15)11-6-4-5-7-11/h10-11H,4-9H2,1-3H3. The van der Waals surface area contributed by atoms with Crippen LogP contribution in [0.15, 0.2) is 0 Å². The summed E-state index contributed by atoms with van der Waals surface area (Å²) in [5, 5.41) is -0.160. The molecule has 0 aromatic heterocycles. The molecule has 1 aliphatic carbocycles. The molecule has 1 saturated carbocycles. The van der Waals surface area contributed by atoms with Crippen LogP contribution in [-0.4, -0.2) is 42.8 Å². The summed E-state index contributed by atoms with van der Waals surface area (Å²) in [6.07, 6.45) is 3.74. The zero-order valence-corrected chi connectivity index (χ0v) is 11.8. The van der Waals surface area contributed by atoms with Crippen LogP contribution in [0.5, 0.6) is 0 Å². The van der Waals surface area contributed by atoms with Crippen LogP contribution < -0.4 is 0 Å². The molecule has 17 heavy (non-hydrogen) atoms. The molecule has 1 saturated heterocycles. The average Bonchev–Trinajstić information content (AvgIpc) is 2.75. The summed E-state index contributed by atoms with van der Waals surface area (Å²) in [5.74, 6) is 0. The van der Waals surface area contributed by atoms with Crippen molar-refractivity contribution in [3.63, 3.8) is 0 Å². The summed E-state index contributed by atoms with van der Waals surface area (Å²) in [6.45, 7) is 6.81. The van der Waals surface area contributed by atoms with Crippen molar-refractivity contribution in [1.29, 1.82) is 0 Å². The maximum atomic E-state index is 12.6. The van der Waals surface area contributed by atoms with Crippen LogP contribution in [0.2, 0.25) is 0 Å². The first-order valence-electron chi connectivity index (χ1n) is 6.47. The number of hydrogen-bond acceptors (Lipinski definition) is 3. The van der Waals surface area contributed by atoms with Gasteiger partial charge >= 0.3 is 0 Å². The van der Waals surface area contributed by atoms with E-state index in [1.54, 1.807) is 4.31 Å². The Morgan fingerprint density at radius 3 is 2.41 bits per heavy atom. The number of ether oxygens (including phenoxy) is 1. The van der Waals surface area contributed by atoms with Gasteiger partial charge in [0.1, 0.15) is 0 Å². The minimum atomic E-state index is -3.15. The van der Waals surface area contributed by atoms with E-state index < -0.39 is 15.6 Å². The molecule has 1 unspecified atom stereocenters. The van der Waals surface area contributed by atoms with Gasteiger partial charge < -0.3 is 4.74 Å². The van der Waals surface area contributed by atoms with Gasteiger partial charge in [-0.1, -0.05) is 12.8 Å². The predicted molar refractivity (Wildman–Crippen MR) is 67.4 cm³/mol. The quantitative estimate of drug-likeness (QED) is 0.761. The second kappa shape index (κ2) is 4.52. The fraction of sp³-hybridized carbons (Fsp3) is 1.00. The minimum Gasteiger partial charge on any atom is -0.375 e. The Morgan fingerprint density at radius 2 is 1.82 bits per heavy atom. The third-order valence-electron chi connectivity index (χ3n) is 3.85. The predicted octanol–water partition coefficient (Wildman–Crippen LogP) is 1.76. The SMILES string of the molecule is CC1CN(S(=O)(=O)C2CCCC2)C(C)(C)CO1. The van der Waals surface area contributed by atoms with E-state index in [9.17, 15) is 8.42 Å². The van der Waals surface area contributed by atoms with Crippen molar-refractivity contribution in [2.24, 2.45) is 0 Å². The first-order valence-corrected chi connectivity index (χ1v) is 7.97. The van der Waals surface area contributed by atoms with Gasteiger partial charge in [0, 0.05) is 6.54 Å². The van der Waals surface area contributed by atoms with Crippen LogP contribution in [-0.2, 0) is 14.8 Å². The Labute approximate surface area is 104 Å². The highest BCUT2D eigenvalue weighted by Gasteiger charge is 2.44. The number of hydrogen-bond donors (Lipinski definition) is 0. The molecule has 1 aliphatic heterocycles. The second-order valence-corrected chi connectivity index (χ2v) is 8.05. The van der Waals surface area contributed by atoms with Crippen molar-refractivity contribution in [2.75, 3.05) is 13.2 Å². The minimum absolute atomic E-state index is 0.000738. The number of rotatable bonds is 2. The normalized spacial score (nSPS) is 31.8. The summed E-state index contributed by atoms with van der Waals surface area (Å²) >= 11 is 0. The number of sulfonamides is 1. The van der Waals surface area contributed by atoms with Gasteiger partial charge in [-0.05, 0) is 33.6 Å². The highest BCUT2D eigenvalue weighted by atomic mass is 32.2. The molecule has 0 aromatic carbocycles. The molecule has 0 bridgehead atoms. The van der Waals surface area contributed by atoms with E-state index in [1.807, 2.05) is 20.8 Å². The molecule has 2 rings (SSSR count). The molecule has 1 atom stereocenters. The van der Waals surface area contributed by atoms with Gasteiger partial charge in [-0.25, -0.2) is 8.42 Å². The molecule has 2 fully saturated rings. The fourth-order valence-corrected chi connectivity index (χ4v) is 5.21. The van der Waals surface area contributed by atoms with Crippen LogP contribution in [0.25, 0.3) is 0 Å². The molecule has 0 aromatic rings. The van der Waals surface area contributed by atoms with Gasteiger partial charge in [0.05, 0.1) is 23.5 Å². The molecule has 2 aliphatic rings. The van der Waals surface area contributed by atoms with Crippen molar-refractivity contribution >= 4 is 10.0 Å². The first kappa shape index (κ1) is 13.3. The Bertz CT molecular complexity index is 371. The molecule has 0 N–H and O–H groups in total. The van der Waals surface area contributed by atoms with E-state index in [0.717, 1.165) is 25.7 Å². The molecule has 5 heteroatoms. The summed E-state index contributed by atoms with van der Waals surface area (Å²) in [6, 6.07) is 0. The van der Waals surface area contributed by atoms with Crippen LogP contribution in [0.4, 0.5) is 0 Å². The summed E-state index contributed by atoms with van der Waals surface area (Å²) < 4.78 is 32.5. The lowest BCUT2D eigenvalue weighted by atomic mass is 10.1. The van der Waals surface area contributed by atoms with Crippen molar-refractivity contribution in [3.05, 3.63) is 0 Å². The largest absolute Gasteiger partial charge is 0.375 e. The van der Waals surface area contributed by atoms with Gasteiger partial charge in [-0.15, -0.1) is 0 Å². The van der Waals surface area contributed by atoms with Gasteiger partial charge in [0.2, 0.25) is 10.0 Å². The van der Waals surface area contributed by atoms with E-state index in [4.69, 9.17) is 4.74 Å². The van der Waals surface area contributed by atoms with E-state index >= 15 is 0 Å². The smallest absolute Gasteiger partial charge is 0.217 e. The lowest BCUT2D eigenvalue weighted by Crippen LogP contribution is -2.59. The maximum absolute atomic E-state index is 12.6. The van der Waals surface area contributed by atoms with Gasteiger partial charge in [0.25, 0.3) is 0 Å². The molecule has 0 spiro atoms. The molecule has 0 radical (unpaired) electrons. The lowest BCUT2D eigenvalue weighted by Gasteiger charge is -2.44. The van der Waals surface area contributed by atoms with Crippen LogP contribution in [0, 0.1) is 0 Å². The lowest BCUT2D eigenvalue weighted by molar-refractivity contribution is -0.0554. The van der Waals surface area contributed by atoms with Crippen molar-refractivity contribution in [2.45, 2.75) is 63.3 Å². The monoisotopic (exact) mass is 261 g/mol. The highest BCUT2D eigenvalue weighted by Crippen LogP contribution is 2.33. The third kappa shape index (κ3) is 2.51. The topological polar surface area (TPSA) is 46.6 Å². The molecule has 4 nitrogen and oxygen atoms in total. The van der Waals surface area contributed by atoms with E-state index in [-0.39, 0.29) is 11.4 Å². The molecule has 1 heterocycles. The van der Waals surface area contributed by atoms with Crippen LogP contribution in [0.3, 0.4) is 0 Å². The zero-order valence-electron chi connectivity index (χ0n) is 11.0. The Balaban J connectivity index is 2.23. The number of morpholine rings is 1. The van der Waals surface area contributed by atoms with Crippen molar-refractivity contribution in [1.82, 2.24) is 4.31 Å². The highest BCUT2D eigenvalue weighted by molar-refractivity contribution is 7.89.